The van der Waals surface area contributed by atoms with Gasteiger partial charge in [0.05, 0.1) is 11.1 Å². The number of likely N-dealkylation sites (tertiary alicyclic amines) is 1. The van der Waals surface area contributed by atoms with Gasteiger partial charge in [-0.05, 0) is 51.1 Å². The fraction of sp³-hybridized carbons (Fsp3) is 0.571. The maximum atomic E-state index is 6.19. The van der Waals surface area contributed by atoms with Crippen LogP contribution >= 0.6 is 11.3 Å². The first-order chi connectivity index (χ1) is 12.2. The summed E-state index contributed by atoms with van der Waals surface area (Å²) in [7, 11) is 0. The van der Waals surface area contributed by atoms with Crippen LogP contribution in [0.5, 0.6) is 0 Å². The summed E-state index contributed by atoms with van der Waals surface area (Å²) in [5, 5.41) is 1.17. The molecule has 1 aromatic heterocycles. The second-order valence-electron chi connectivity index (χ2n) is 7.66. The van der Waals surface area contributed by atoms with Gasteiger partial charge in [0.15, 0.2) is 0 Å². The molecule has 4 heteroatoms. The Kier molecular flexibility index (Phi) is 5.20. The molecule has 2 fully saturated rings. The van der Waals surface area contributed by atoms with E-state index in [1.54, 1.807) is 0 Å². The van der Waals surface area contributed by atoms with Crippen molar-refractivity contribution in [2.45, 2.75) is 51.7 Å². The van der Waals surface area contributed by atoms with Crippen LogP contribution in [0.4, 0.5) is 0 Å². The summed E-state index contributed by atoms with van der Waals surface area (Å²) >= 11 is 1.83. The summed E-state index contributed by atoms with van der Waals surface area (Å²) < 4.78 is 6.19. The van der Waals surface area contributed by atoms with E-state index < -0.39 is 0 Å². The quantitative estimate of drug-likeness (QED) is 0.764. The smallest absolute Gasteiger partial charge is 0.0897 e. The van der Waals surface area contributed by atoms with Crippen LogP contribution in [0.3, 0.4) is 0 Å². The molecule has 134 valence electrons. The first kappa shape index (κ1) is 17.2. The maximum Gasteiger partial charge on any atom is 0.0897 e. The van der Waals surface area contributed by atoms with Gasteiger partial charge in [-0.2, -0.15) is 0 Å². The predicted octanol–water partition coefficient (Wildman–Crippen LogP) is 4.46. The highest BCUT2D eigenvalue weighted by Gasteiger charge is 2.45. The first-order valence-electron chi connectivity index (χ1n) is 9.53. The molecule has 2 unspecified atom stereocenters. The van der Waals surface area contributed by atoms with Crippen molar-refractivity contribution in [2.75, 3.05) is 19.7 Å². The zero-order valence-corrected chi connectivity index (χ0v) is 15.9. The molecule has 0 saturated carbocycles. The van der Waals surface area contributed by atoms with Crippen LogP contribution < -0.4 is 0 Å². The summed E-state index contributed by atoms with van der Waals surface area (Å²) in [6.07, 6.45) is 8.63. The predicted molar refractivity (Wildman–Crippen MR) is 103 cm³/mol. The van der Waals surface area contributed by atoms with E-state index in [9.17, 15) is 0 Å². The van der Waals surface area contributed by atoms with E-state index in [1.807, 2.05) is 11.3 Å². The van der Waals surface area contributed by atoms with Crippen molar-refractivity contribution in [1.82, 2.24) is 9.88 Å². The molecule has 2 aromatic rings. The Balaban J connectivity index is 1.45. The Hall–Kier alpha value is -1.23. The van der Waals surface area contributed by atoms with Gasteiger partial charge in [0.1, 0.15) is 0 Å². The molecular weight excluding hydrogens is 328 g/mol. The first-order valence-corrected chi connectivity index (χ1v) is 10.3. The van der Waals surface area contributed by atoms with Crippen LogP contribution in [0.1, 0.15) is 41.1 Å². The van der Waals surface area contributed by atoms with E-state index in [2.05, 4.69) is 53.3 Å². The molecule has 0 spiro atoms. The molecule has 0 aliphatic carbocycles. The lowest BCUT2D eigenvalue weighted by atomic mass is 9.75. The number of nitrogens with zero attached hydrogens (tertiary/aromatic N) is 2. The Morgan fingerprint density at radius 2 is 2.20 bits per heavy atom. The van der Waals surface area contributed by atoms with Crippen LogP contribution in [0.25, 0.3) is 0 Å². The minimum absolute atomic E-state index is 0.325. The highest BCUT2D eigenvalue weighted by Crippen LogP contribution is 2.44. The Morgan fingerprint density at radius 3 is 2.92 bits per heavy atom. The summed E-state index contributed by atoms with van der Waals surface area (Å²) in [6, 6.07) is 10.9. The minimum Gasteiger partial charge on any atom is -0.378 e. The monoisotopic (exact) mass is 356 g/mol. The number of hydrogen-bond donors (Lipinski definition) is 0. The van der Waals surface area contributed by atoms with Gasteiger partial charge in [-0.3, -0.25) is 4.90 Å². The van der Waals surface area contributed by atoms with E-state index in [4.69, 9.17) is 4.74 Å². The van der Waals surface area contributed by atoms with Crippen molar-refractivity contribution < 1.29 is 4.74 Å². The van der Waals surface area contributed by atoms with Gasteiger partial charge < -0.3 is 4.74 Å². The van der Waals surface area contributed by atoms with E-state index in [-0.39, 0.29) is 0 Å². The van der Waals surface area contributed by atoms with E-state index in [0.29, 0.717) is 11.5 Å². The van der Waals surface area contributed by atoms with Crippen LogP contribution in [0, 0.1) is 12.3 Å². The molecule has 0 N–H and O–H groups in total. The molecule has 2 aliphatic heterocycles. The SMILES string of the molecule is Cc1ncc(CN2CCC(CCc3ccccc3)(C3CCCO3)C2)s1. The van der Waals surface area contributed by atoms with Crippen LogP contribution in [-0.2, 0) is 17.7 Å². The van der Waals surface area contributed by atoms with Gasteiger partial charge in [0, 0.05) is 36.2 Å². The number of hydrogen-bond acceptors (Lipinski definition) is 4. The maximum absolute atomic E-state index is 6.19. The fourth-order valence-electron chi connectivity index (χ4n) is 4.54. The number of thiazole rings is 1. The van der Waals surface area contributed by atoms with Gasteiger partial charge in [-0.15, -0.1) is 11.3 Å². The highest BCUT2D eigenvalue weighted by atomic mass is 32.1. The molecule has 1 aromatic carbocycles. The number of ether oxygens (including phenoxy) is 1. The van der Waals surface area contributed by atoms with Crippen molar-refractivity contribution >= 4 is 11.3 Å². The molecule has 25 heavy (non-hydrogen) atoms. The zero-order valence-electron chi connectivity index (χ0n) is 15.1. The second-order valence-corrected chi connectivity index (χ2v) is 8.98. The number of benzene rings is 1. The lowest BCUT2D eigenvalue weighted by molar-refractivity contribution is -0.00176. The van der Waals surface area contributed by atoms with Gasteiger partial charge in [-0.1, -0.05) is 30.3 Å². The molecule has 0 amide bonds. The van der Waals surface area contributed by atoms with Crippen molar-refractivity contribution in [3.8, 4) is 0 Å². The molecule has 0 radical (unpaired) electrons. The normalized spacial score (nSPS) is 27.2. The molecule has 2 saturated heterocycles. The Labute approximate surface area is 155 Å². The van der Waals surface area contributed by atoms with E-state index >= 15 is 0 Å². The van der Waals surface area contributed by atoms with E-state index in [0.717, 1.165) is 19.6 Å². The highest BCUT2D eigenvalue weighted by molar-refractivity contribution is 7.11. The van der Waals surface area contributed by atoms with Gasteiger partial charge in [0.25, 0.3) is 0 Å². The fourth-order valence-corrected chi connectivity index (χ4v) is 5.38. The molecule has 2 aliphatic rings. The molecule has 2 atom stereocenters. The average Bonchev–Trinajstić information content (AvgIpc) is 3.36. The lowest BCUT2D eigenvalue weighted by Gasteiger charge is -2.35. The largest absolute Gasteiger partial charge is 0.378 e. The van der Waals surface area contributed by atoms with Crippen LogP contribution in [0.15, 0.2) is 36.5 Å². The third-order valence-electron chi connectivity index (χ3n) is 5.88. The standard InChI is InChI=1S/C21H28N2OS/c1-17-22-14-19(25-17)15-23-12-11-21(16-23,20-8-5-13-24-20)10-9-18-6-3-2-4-7-18/h2-4,6-7,14,20H,5,8-13,15-16H2,1H3. The van der Waals surface area contributed by atoms with Crippen LogP contribution in [-0.4, -0.2) is 35.7 Å². The van der Waals surface area contributed by atoms with Crippen molar-refractivity contribution in [3.63, 3.8) is 0 Å². The molecule has 3 heterocycles. The molecule has 3 nitrogen and oxygen atoms in total. The molecular formula is C21H28N2OS. The number of aromatic nitrogens is 1. The molecule has 4 rings (SSSR count). The van der Waals surface area contributed by atoms with Gasteiger partial charge in [0.2, 0.25) is 0 Å². The van der Waals surface area contributed by atoms with Crippen molar-refractivity contribution in [3.05, 3.63) is 52.0 Å². The Bertz CT molecular complexity index is 680. The van der Waals surface area contributed by atoms with Crippen molar-refractivity contribution in [2.24, 2.45) is 5.41 Å². The zero-order chi connectivity index (χ0) is 17.1. The third-order valence-corrected chi connectivity index (χ3v) is 6.78. The molecule has 0 bridgehead atoms. The summed E-state index contributed by atoms with van der Waals surface area (Å²) in [6.45, 7) is 6.44. The minimum atomic E-state index is 0.325. The summed E-state index contributed by atoms with van der Waals surface area (Å²) in [5.41, 5.74) is 1.78. The number of aryl methyl sites for hydroxylation is 2. The average molecular weight is 357 g/mol. The van der Waals surface area contributed by atoms with Crippen molar-refractivity contribution in [1.29, 1.82) is 0 Å². The summed E-state index contributed by atoms with van der Waals surface area (Å²) in [4.78, 5) is 8.43. The van der Waals surface area contributed by atoms with Crippen LogP contribution in [0.2, 0.25) is 0 Å². The Morgan fingerprint density at radius 1 is 1.32 bits per heavy atom. The second kappa shape index (κ2) is 7.56. The van der Waals surface area contributed by atoms with Gasteiger partial charge >= 0.3 is 0 Å². The van der Waals surface area contributed by atoms with E-state index in [1.165, 1.54) is 54.2 Å². The third kappa shape index (κ3) is 3.97. The summed E-state index contributed by atoms with van der Waals surface area (Å²) in [5.74, 6) is 0. The lowest BCUT2D eigenvalue weighted by Crippen LogP contribution is -2.38. The topological polar surface area (TPSA) is 25.4 Å². The van der Waals surface area contributed by atoms with Gasteiger partial charge in [-0.25, -0.2) is 4.98 Å². The number of rotatable bonds is 6.